The average molecular weight is 525 g/mol. The van der Waals surface area contributed by atoms with Gasteiger partial charge in [0.05, 0.1) is 12.6 Å². The normalized spacial score (nSPS) is 17.4. The first-order valence-electron chi connectivity index (χ1n) is 13.8. The van der Waals surface area contributed by atoms with Gasteiger partial charge in [-0.05, 0) is 42.5 Å². The minimum atomic E-state index is -0.772. The van der Waals surface area contributed by atoms with E-state index in [2.05, 4.69) is 10.2 Å². The Kier molecular flexibility index (Phi) is 7.96. The van der Waals surface area contributed by atoms with Crippen molar-refractivity contribution in [3.8, 4) is 0 Å². The Hall–Kier alpha value is -4.13. The van der Waals surface area contributed by atoms with Crippen molar-refractivity contribution in [3.63, 3.8) is 0 Å². The van der Waals surface area contributed by atoms with Gasteiger partial charge in [-0.25, -0.2) is 0 Å². The molecule has 0 aromatic heterocycles. The average Bonchev–Trinajstić information content (AvgIpc) is 3.24. The van der Waals surface area contributed by atoms with Crippen LogP contribution in [0.4, 0.5) is 5.69 Å². The van der Waals surface area contributed by atoms with E-state index in [0.717, 1.165) is 23.2 Å². The Morgan fingerprint density at radius 2 is 1.46 bits per heavy atom. The van der Waals surface area contributed by atoms with Crippen LogP contribution in [-0.2, 0) is 20.9 Å². The number of rotatable bonds is 8. The van der Waals surface area contributed by atoms with Crippen molar-refractivity contribution in [1.82, 2.24) is 15.1 Å². The standard InChI is InChI=1S/C32H36N4O3/c1-2-28(26-14-8-4-9-15-26)30(38)34-20-18-32(19-21-34)31(39)35(24-36(32)27-16-10-5-11-17-27)23-29(37)33-22-25-12-6-3-7-13-25/h3-17,28H,2,18-24H2,1H3,(H,33,37). The van der Waals surface area contributed by atoms with Gasteiger partial charge in [-0.15, -0.1) is 0 Å². The fraction of sp³-hybridized carbons (Fsp3) is 0.344. The molecular formula is C32H36N4O3. The van der Waals surface area contributed by atoms with Crippen molar-refractivity contribution >= 4 is 23.4 Å². The molecule has 202 valence electrons. The lowest BCUT2D eigenvalue weighted by Gasteiger charge is -2.44. The first-order valence-corrected chi connectivity index (χ1v) is 13.8. The van der Waals surface area contributed by atoms with E-state index in [9.17, 15) is 14.4 Å². The summed E-state index contributed by atoms with van der Waals surface area (Å²) in [6.45, 7) is 3.82. The molecule has 1 unspecified atom stereocenters. The van der Waals surface area contributed by atoms with Crippen molar-refractivity contribution in [2.45, 2.75) is 44.2 Å². The topological polar surface area (TPSA) is 73.0 Å². The third-order valence-corrected chi connectivity index (χ3v) is 8.06. The van der Waals surface area contributed by atoms with Gasteiger partial charge >= 0.3 is 0 Å². The summed E-state index contributed by atoms with van der Waals surface area (Å²) in [6, 6.07) is 29.6. The Morgan fingerprint density at radius 3 is 2.08 bits per heavy atom. The summed E-state index contributed by atoms with van der Waals surface area (Å²) < 4.78 is 0. The number of benzene rings is 3. The summed E-state index contributed by atoms with van der Waals surface area (Å²) >= 11 is 0. The summed E-state index contributed by atoms with van der Waals surface area (Å²) in [6.07, 6.45) is 1.78. The monoisotopic (exact) mass is 524 g/mol. The van der Waals surface area contributed by atoms with Crippen molar-refractivity contribution < 1.29 is 14.4 Å². The van der Waals surface area contributed by atoms with Crippen LogP contribution in [0.15, 0.2) is 91.0 Å². The second-order valence-corrected chi connectivity index (χ2v) is 10.4. The number of nitrogens with zero attached hydrogens (tertiary/aromatic N) is 3. The molecule has 1 N–H and O–H groups in total. The molecule has 7 nitrogen and oxygen atoms in total. The van der Waals surface area contributed by atoms with Crippen LogP contribution in [0.2, 0.25) is 0 Å². The number of carbonyl (C=O) groups excluding carboxylic acids is 3. The number of amides is 3. The molecule has 7 heteroatoms. The first-order chi connectivity index (χ1) is 19.0. The Morgan fingerprint density at radius 1 is 0.872 bits per heavy atom. The van der Waals surface area contributed by atoms with E-state index in [0.29, 0.717) is 39.1 Å². The number of anilines is 1. The summed E-state index contributed by atoms with van der Waals surface area (Å²) in [7, 11) is 0. The highest BCUT2D eigenvalue weighted by atomic mass is 16.2. The number of hydrogen-bond donors (Lipinski definition) is 1. The van der Waals surface area contributed by atoms with Gasteiger partial charge in [0.15, 0.2) is 0 Å². The van der Waals surface area contributed by atoms with Crippen LogP contribution in [0.5, 0.6) is 0 Å². The number of carbonyl (C=O) groups is 3. The van der Waals surface area contributed by atoms with E-state index in [1.54, 1.807) is 4.90 Å². The van der Waals surface area contributed by atoms with Gasteiger partial charge in [0.2, 0.25) is 11.8 Å². The first kappa shape index (κ1) is 26.5. The molecule has 2 fully saturated rings. The molecule has 3 amide bonds. The molecule has 3 aromatic carbocycles. The fourth-order valence-electron chi connectivity index (χ4n) is 5.90. The quantitative estimate of drug-likeness (QED) is 0.480. The van der Waals surface area contributed by atoms with Crippen LogP contribution in [0.1, 0.15) is 43.2 Å². The molecule has 5 rings (SSSR count). The zero-order valence-corrected chi connectivity index (χ0v) is 22.5. The highest BCUT2D eigenvalue weighted by molar-refractivity contribution is 5.96. The summed E-state index contributed by atoms with van der Waals surface area (Å²) in [5, 5.41) is 2.94. The maximum absolute atomic E-state index is 14.0. The minimum absolute atomic E-state index is 0.00527. The van der Waals surface area contributed by atoms with Crippen LogP contribution in [-0.4, -0.2) is 59.4 Å². The van der Waals surface area contributed by atoms with Crippen LogP contribution in [0.3, 0.4) is 0 Å². The van der Waals surface area contributed by atoms with Crippen molar-refractivity contribution in [2.75, 3.05) is 31.2 Å². The third-order valence-electron chi connectivity index (χ3n) is 8.06. The molecule has 2 aliphatic heterocycles. The SMILES string of the molecule is CCC(C(=O)N1CCC2(CC1)C(=O)N(CC(=O)NCc1ccccc1)CN2c1ccccc1)c1ccccc1. The lowest BCUT2D eigenvalue weighted by molar-refractivity contribution is -0.140. The van der Waals surface area contributed by atoms with Crippen LogP contribution < -0.4 is 10.2 Å². The molecule has 2 saturated heterocycles. The molecule has 2 heterocycles. The van der Waals surface area contributed by atoms with Crippen LogP contribution in [0, 0.1) is 0 Å². The predicted molar refractivity (Wildman–Crippen MR) is 152 cm³/mol. The van der Waals surface area contributed by atoms with Crippen molar-refractivity contribution in [1.29, 1.82) is 0 Å². The zero-order chi connectivity index (χ0) is 27.2. The molecule has 1 atom stereocenters. The maximum Gasteiger partial charge on any atom is 0.250 e. The van der Waals surface area contributed by atoms with Gasteiger partial charge in [0, 0.05) is 25.3 Å². The second kappa shape index (κ2) is 11.7. The van der Waals surface area contributed by atoms with E-state index in [1.807, 2.05) is 103 Å². The highest BCUT2D eigenvalue weighted by Gasteiger charge is 2.54. The summed E-state index contributed by atoms with van der Waals surface area (Å²) in [4.78, 5) is 46.0. The van der Waals surface area contributed by atoms with E-state index < -0.39 is 5.54 Å². The number of likely N-dealkylation sites (tertiary alicyclic amines) is 1. The smallest absolute Gasteiger partial charge is 0.250 e. The minimum Gasteiger partial charge on any atom is -0.350 e. The van der Waals surface area contributed by atoms with Gasteiger partial charge in [-0.1, -0.05) is 85.8 Å². The lowest BCUT2D eigenvalue weighted by atomic mass is 9.84. The zero-order valence-electron chi connectivity index (χ0n) is 22.5. The van der Waals surface area contributed by atoms with E-state index in [1.165, 1.54) is 0 Å². The molecule has 1 spiro atoms. The number of piperidine rings is 1. The van der Waals surface area contributed by atoms with Gasteiger partial charge in [-0.2, -0.15) is 0 Å². The number of hydrogen-bond acceptors (Lipinski definition) is 4. The van der Waals surface area contributed by atoms with E-state index in [-0.39, 0.29) is 30.2 Å². The Bertz CT molecular complexity index is 1270. The van der Waals surface area contributed by atoms with Crippen LogP contribution in [0.25, 0.3) is 0 Å². The van der Waals surface area contributed by atoms with E-state index >= 15 is 0 Å². The largest absolute Gasteiger partial charge is 0.350 e. The Balaban J connectivity index is 1.30. The molecule has 3 aromatic rings. The van der Waals surface area contributed by atoms with Gasteiger partial charge in [0.1, 0.15) is 12.1 Å². The number of para-hydroxylation sites is 1. The van der Waals surface area contributed by atoms with Gasteiger partial charge < -0.3 is 20.0 Å². The van der Waals surface area contributed by atoms with Crippen molar-refractivity contribution in [2.24, 2.45) is 0 Å². The van der Waals surface area contributed by atoms with Gasteiger partial charge in [0.25, 0.3) is 5.91 Å². The predicted octanol–water partition coefficient (Wildman–Crippen LogP) is 4.16. The highest BCUT2D eigenvalue weighted by Crippen LogP contribution is 2.40. The lowest BCUT2D eigenvalue weighted by Crippen LogP contribution is -2.58. The molecule has 0 saturated carbocycles. The van der Waals surface area contributed by atoms with Crippen molar-refractivity contribution in [3.05, 3.63) is 102 Å². The second-order valence-electron chi connectivity index (χ2n) is 10.4. The van der Waals surface area contributed by atoms with E-state index in [4.69, 9.17) is 0 Å². The molecule has 39 heavy (non-hydrogen) atoms. The maximum atomic E-state index is 14.0. The summed E-state index contributed by atoms with van der Waals surface area (Å²) in [5.74, 6) is -0.288. The molecule has 2 aliphatic rings. The molecular weight excluding hydrogens is 488 g/mol. The van der Waals surface area contributed by atoms with Crippen LogP contribution >= 0.6 is 0 Å². The third kappa shape index (κ3) is 5.53. The number of nitrogens with one attached hydrogen (secondary N) is 1. The molecule has 0 bridgehead atoms. The molecule has 0 radical (unpaired) electrons. The Labute approximate surface area is 230 Å². The fourth-order valence-corrected chi connectivity index (χ4v) is 5.90. The molecule has 0 aliphatic carbocycles. The summed E-state index contributed by atoms with van der Waals surface area (Å²) in [5.41, 5.74) is 2.22. The van der Waals surface area contributed by atoms with Gasteiger partial charge in [-0.3, -0.25) is 14.4 Å².